The van der Waals surface area contributed by atoms with Gasteiger partial charge >= 0.3 is 12.1 Å². The number of imide groups is 1. The van der Waals surface area contributed by atoms with Crippen molar-refractivity contribution >= 4 is 58.9 Å². The van der Waals surface area contributed by atoms with E-state index in [1.807, 2.05) is 13.8 Å². The Hall–Kier alpha value is -6.66. The van der Waals surface area contributed by atoms with Crippen LogP contribution in [0, 0.1) is 16.0 Å². The molecule has 19 heteroatoms. The van der Waals surface area contributed by atoms with Gasteiger partial charge in [-0.3, -0.25) is 48.6 Å². The van der Waals surface area contributed by atoms with Crippen molar-refractivity contribution in [3.8, 4) is 5.75 Å². The zero-order valence-corrected chi connectivity index (χ0v) is 33.0. The standard InChI is InChI=1S/C39H48N6O13/c1-23(2)21-30(42-31(46)19-20-44-32(47)16-17-33(44)48)37(52)40-24(3)35(50)43-29(15-18-34(49)58-39(4,5)6)36(51)41-26-9-7-25(8-10-26)22-56-38(53)57-28-13-11-27(12-14-28)45(54)55/h7-14,16-17,23-24,29-30H,15,18-22H2,1-6H3,(H,40,52)(H,41,51)(H,42,46)(H,43,50)/t24-,29-,30+/m0/s1. The highest BCUT2D eigenvalue weighted by molar-refractivity contribution is 6.13. The van der Waals surface area contributed by atoms with Crippen molar-refractivity contribution in [3.63, 3.8) is 0 Å². The third-order valence-corrected chi connectivity index (χ3v) is 8.09. The molecule has 0 unspecified atom stereocenters. The SMILES string of the molecule is CC(C)C[C@@H](NC(=O)CCN1C(=O)C=CC1=O)C(=O)N[C@@H](C)C(=O)N[C@@H](CCC(=O)OC(C)(C)C)C(=O)Nc1ccc(COC(=O)Oc2ccc([N+](=O)[O-])cc2)cc1. The van der Waals surface area contributed by atoms with Crippen LogP contribution in [0.4, 0.5) is 16.2 Å². The van der Waals surface area contributed by atoms with E-state index in [-0.39, 0.29) is 56.2 Å². The Bertz CT molecular complexity index is 1870. The maximum absolute atomic E-state index is 13.5. The Morgan fingerprint density at radius 3 is 1.98 bits per heavy atom. The van der Waals surface area contributed by atoms with E-state index in [1.54, 1.807) is 32.9 Å². The van der Waals surface area contributed by atoms with Gasteiger partial charge in [-0.15, -0.1) is 0 Å². The molecule has 1 aliphatic rings. The van der Waals surface area contributed by atoms with E-state index < -0.39 is 76.2 Å². The molecule has 2 aromatic carbocycles. The highest BCUT2D eigenvalue weighted by Gasteiger charge is 2.30. The fraction of sp³-hybridized carbons (Fsp3) is 0.436. The maximum atomic E-state index is 13.5. The van der Waals surface area contributed by atoms with Gasteiger partial charge in [0.25, 0.3) is 17.5 Å². The third-order valence-electron chi connectivity index (χ3n) is 8.09. The molecule has 0 fully saturated rings. The van der Waals surface area contributed by atoms with E-state index in [9.17, 15) is 48.5 Å². The van der Waals surface area contributed by atoms with Crippen molar-refractivity contribution in [2.45, 2.75) is 97.6 Å². The topological polar surface area (TPSA) is 259 Å². The molecule has 58 heavy (non-hydrogen) atoms. The van der Waals surface area contributed by atoms with Crippen LogP contribution in [0.1, 0.15) is 72.8 Å². The van der Waals surface area contributed by atoms with E-state index in [0.717, 1.165) is 17.1 Å². The Kier molecular flexibility index (Phi) is 16.6. The second-order valence-corrected chi connectivity index (χ2v) is 14.7. The molecule has 1 aliphatic heterocycles. The van der Waals surface area contributed by atoms with E-state index in [4.69, 9.17) is 14.2 Å². The summed E-state index contributed by atoms with van der Waals surface area (Å²) < 4.78 is 15.5. The molecule has 3 atom stereocenters. The number of non-ortho nitro benzene ring substituents is 1. The number of nitrogens with one attached hydrogen (secondary N) is 4. The van der Waals surface area contributed by atoms with E-state index in [2.05, 4.69) is 21.3 Å². The summed E-state index contributed by atoms with van der Waals surface area (Å²) in [6, 6.07) is 7.42. The molecule has 0 radical (unpaired) electrons. The molecule has 2 aromatic rings. The molecule has 0 spiro atoms. The zero-order chi connectivity index (χ0) is 43.2. The van der Waals surface area contributed by atoms with Gasteiger partial charge in [0.05, 0.1) is 4.92 Å². The van der Waals surface area contributed by atoms with Crippen molar-refractivity contribution in [1.82, 2.24) is 20.9 Å². The van der Waals surface area contributed by atoms with Crippen molar-refractivity contribution in [2.75, 3.05) is 11.9 Å². The normalized spacial score (nSPS) is 13.9. The second-order valence-electron chi connectivity index (χ2n) is 14.7. The van der Waals surface area contributed by atoms with Gasteiger partial charge in [-0.2, -0.15) is 0 Å². The molecule has 0 saturated heterocycles. The number of carbonyl (C=O) groups is 8. The number of hydrogen-bond donors (Lipinski definition) is 4. The van der Waals surface area contributed by atoms with Crippen molar-refractivity contribution in [1.29, 1.82) is 0 Å². The molecule has 4 N–H and O–H groups in total. The van der Waals surface area contributed by atoms with Gasteiger partial charge in [0.2, 0.25) is 23.6 Å². The van der Waals surface area contributed by atoms with E-state index in [1.165, 1.54) is 43.3 Å². The molecule has 0 aromatic heterocycles. The van der Waals surface area contributed by atoms with Crippen LogP contribution in [0.5, 0.6) is 5.75 Å². The number of amides is 6. The molecule has 3 rings (SSSR count). The maximum Gasteiger partial charge on any atom is 0.514 e. The highest BCUT2D eigenvalue weighted by atomic mass is 16.7. The average Bonchev–Trinajstić information content (AvgIpc) is 3.46. The number of anilines is 1. The number of nitrogens with zero attached hydrogens (tertiary/aromatic N) is 2. The van der Waals surface area contributed by atoms with E-state index in [0.29, 0.717) is 11.3 Å². The highest BCUT2D eigenvalue weighted by Crippen LogP contribution is 2.19. The quantitative estimate of drug-likeness (QED) is 0.0523. The number of carbonyl (C=O) groups excluding carboxylic acids is 8. The van der Waals surface area contributed by atoms with Crippen LogP contribution in [0.3, 0.4) is 0 Å². The molecular weight excluding hydrogens is 760 g/mol. The number of hydrogen-bond acceptors (Lipinski definition) is 13. The Labute approximate surface area is 334 Å². The van der Waals surface area contributed by atoms with Crippen molar-refractivity contribution < 1.29 is 57.5 Å². The second kappa shape index (κ2) is 21.0. The predicted octanol–water partition coefficient (Wildman–Crippen LogP) is 3.21. The number of esters is 1. The number of benzene rings is 2. The van der Waals surface area contributed by atoms with Gasteiger partial charge in [0.1, 0.15) is 36.1 Å². The van der Waals surface area contributed by atoms with Gasteiger partial charge in [0.15, 0.2) is 0 Å². The minimum absolute atomic E-state index is 0.0420. The fourth-order valence-corrected chi connectivity index (χ4v) is 5.25. The molecule has 19 nitrogen and oxygen atoms in total. The summed E-state index contributed by atoms with van der Waals surface area (Å²) >= 11 is 0. The van der Waals surface area contributed by atoms with Crippen LogP contribution in [0.15, 0.2) is 60.7 Å². The van der Waals surface area contributed by atoms with Crippen LogP contribution in [-0.4, -0.2) is 87.7 Å². The lowest BCUT2D eigenvalue weighted by molar-refractivity contribution is -0.384. The fourth-order valence-electron chi connectivity index (χ4n) is 5.25. The van der Waals surface area contributed by atoms with Gasteiger partial charge in [-0.1, -0.05) is 26.0 Å². The van der Waals surface area contributed by atoms with Gasteiger partial charge in [0, 0.05) is 49.4 Å². The van der Waals surface area contributed by atoms with Crippen LogP contribution < -0.4 is 26.0 Å². The summed E-state index contributed by atoms with van der Waals surface area (Å²) in [6.07, 6.45) is 0.691. The Morgan fingerprint density at radius 1 is 0.793 bits per heavy atom. The van der Waals surface area contributed by atoms with Crippen LogP contribution >= 0.6 is 0 Å². The van der Waals surface area contributed by atoms with E-state index >= 15 is 0 Å². The first-order valence-electron chi connectivity index (χ1n) is 18.3. The molecule has 6 amide bonds. The minimum atomic E-state index is -1.27. The zero-order valence-electron chi connectivity index (χ0n) is 33.0. The number of rotatable bonds is 19. The van der Waals surface area contributed by atoms with Crippen molar-refractivity contribution in [2.24, 2.45) is 5.92 Å². The van der Waals surface area contributed by atoms with Gasteiger partial charge < -0.3 is 35.5 Å². The summed E-state index contributed by atoms with van der Waals surface area (Å²) in [6.45, 7) is 9.68. The first kappa shape index (κ1) is 45.7. The average molecular weight is 809 g/mol. The van der Waals surface area contributed by atoms with Crippen LogP contribution in [0.25, 0.3) is 0 Å². The largest absolute Gasteiger partial charge is 0.514 e. The number of ether oxygens (including phenoxy) is 3. The third kappa shape index (κ3) is 15.5. The summed E-state index contributed by atoms with van der Waals surface area (Å²) in [5.41, 5.74) is -0.171. The molecule has 312 valence electrons. The van der Waals surface area contributed by atoms with Crippen LogP contribution in [-0.2, 0) is 49.6 Å². The molecule has 0 bridgehead atoms. The lowest BCUT2D eigenvalue weighted by atomic mass is 10.0. The van der Waals surface area contributed by atoms with Crippen molar-refractivity contribution in [3.05, 3.63) is 76.4 Å². The van der Waals surface area contributed by atoms with Crippen LogP contribution in [0.2, 0.25) is 0 Å². The first-order chi connectivity index (χ1) is 27.2. The summed E-state index contributed by atoms with van der Waals surface area (Å²) in [5.74, 6) is -4.45. The minimum Gasteiger partial charge on any atom is -0.460 e. The summed E-state index contributed by atoms with van der Waals surface area (Å²) in [5, 5.41) is 21.2. The Morgan fingerprint density at radius 2 is 1.41 bits per heavy atom. The molecule has 0 aliphatic carbocycles. The summed E-state index contributed by atoms with van der Waals surface area (Å²) in [4.78, 5) is 112. The molecular formula is C39H48N6O13. The molecule has 1 heterocycles. The smallest absolute Gasteiger partial charge is 0.460 e. The number of nitro benzene ring substituents is 1. The van der Waals surface area contributed by atoms with Gasteiger partial charge in [-0.05, 0) is 76.3 Å². The summed E-state index contributed by atoms with van der Waals surface area (Å²) in [7, 11) is 0. The lowest BCUT2D eigenvalue weighted by Gasteiger charge is -2.25. The molecule has 0 saturated carbocycles. The first-order valence-corrected chi connectivity index (χ1v) is 18.3. The Balaban J connectivity index is 1.61. The van der Waals surface area contributed by atoms with Gasteiger partial charge in [-0.25, -0.2) is 4.79 Å². The number of nitro groups is 1. The predicted molar refractivity (Wildman–Crippen MR) is 205 cm³/mol. The lowest BCUT2D eigenvalue weighted by Crippen LogP contribution is -2.55. The monoisotopic (exact) mass is 808 g/mol.